The largest absolute Gasteiger partial charge is 0.360 e. The summed E-state index contributed by atoms with van der Waals surface area (Å²) in [5, 5.41) is 0. The molecular weight excluding hydrogens is 434 g/mol. The normalized spacial score (nSPS) is 22.4. The molecule has 3 aromatic rings. The van der Waals surface area contributed by atoms with Gasteiger partial charge in [-0.05, 0) is 62.6 Å². The van der Waals surface area contributed by atoms with Gasteiger partial charge in [0.05, 0.1) is 28.0 Å². The van der Waals surface area contributed by atoms with Crippen molar-refractivity contribution in [3.05, 3.63) is 54.0 Å². The smallest absolute Gasteiger partial charge is 0.147 e. The van der Waals surface area contributed by atoms with Crippen molar-refractivity contribution >= 4 is 26.7 Å². The molecule has 0 saturated carbocycles. The molecule has 4 rings (SSSR count). The lowest BCUT2D eigenvalue weighted by molar-refractivity contribution is 0.119. The van der Waals surface area contributed by atoms with Crippen LogP contribution in [0.15, 0.2) is 42.7 Å². The van der Waals surface area contributed by atoms with E-state index in [2.05, 4.69) is 66.9 Å². The third kappa shape index (κ3) is 4.92. The second-order valence-electron chi connectivity index (χ2n) is 9.87. The Morgan fingerprint density at radius 2 is 2.03 bits per heavy atom. The topological polar surface area (TPSA) is 82.2 Å². The summed E-state index contributed by atoms with van der Waals surface area (Å²) in [7, 11) is -2.97. The first kappa shape index (κ1) is 23.7. The maximum absolute atomic E-state index is 11.7. The van der Waals surface area contributed by atoms with E-state index in [-0.39, 0.29) is 11.8 Å². The Hall–Kier alpha value is -2.45. The number of nitrogens with zero attached hydrogens (tertiary/aromatic N) is 4. The molecule has 1 fully saturated rings. The van der Waals surface area contributed by atoms with Crippen molar-refractivity contribution in [2.45, 2.75) is 51.6 Å². The Morgan fingerprint density at radius 3 is 2.70 bits per heavy atom. The minimum atomic E-state index is -2.97. The van der Waals surface area contributed by atoms with Crippen LogP contribution in [-0.4, -0.2) is 66.0 Å². The van der Waals surface area contributed by atoms with E-state index < -0.39 is 15.4 Å². The number of nitrogens with one attached hydrogen (secondary N) is 1. The van der Waals surface area contributed by atoms with Crippen LogP contribution in [0.25, 0.3) is 11.0 Å². The molecule has 1 saturated heterocycles. The molecule has 33 heavy (non-hydrogen) atoms. The number of pyridine rings is 2. The summed E-state index contributed by atoms with van der Waals surface area (Å²) < 4.78 is 23.3. The predicted octanol–water partition coefficient (Wildman–Crippen LogP) is 3.94. The molecule has 0 aliphatic carbocycles. The van der Waals surface area contributed by atoms with Crippen LogP contribution in [0.1, 0.15) is 51.3 Å². The number of piperazine rings is 1. The molecule has 178 valence electrons. The Labute approximate surface area is 197 Å². The molecule has 2 atom stereocenters. The van der Waals surface area contributed by atoms with Gasteiger partial charge in [0.1, 0.15) is 15.7 Å². The van der Waals surface area contributed by atoms with Gasteiger partial charge in [-0.1, -0.05) is 19.9 Å². The van der Waals surface area contributed by atoms with Crippen LogP contribution >= 0.6 is 0 Å². The standard InChI is InChI=1S/C25H35N5O2S/c1-18(2)20-15-27-21-10-11-23(28-24(20)21)30-16-19(3)29(13-8-14-33(5,31)32)17-25(30,4)22-9-6-7-12-26-22/h6-7,9-12,15,18-19,27H,8,13-14,16-17H2,1-5H3. The van der Waals surface area contributed by atoms with Gasteiger partial charge in [-0.3, -0.25) is 9.88 Å². The van der Waals surface area contributed by atoms with E-state index in [1.807, 2.05) is 18.3 Å². The lowest BCUT2D eigenvalue weighted by Crippen LogP contribution is -2.63. The molecular formula is C25H35N5O2S. The summed E-state index contributed by atoms with van der Waals surface area (Å²) in [5.74, 6) is 1.54. The molecule has 0 aromatic carbocycles. The second kappa shape index (κ2) is 9.06. The van der Waals surface area contributed by atoms with Gasteiger partial charge in [-0.2, -0.15) is 0 Å². The van der Waals surface area contributed by atoms with Gasteiger partial charge in [0.2, 0.25) is 0 Å². The first-order valence-electron chi connectivity index (χ1n) is 11.7. The first-order chi connectivity index (χ1) is 15.6. The molecule has 1 aliphatic heterocycles. The summed E-state index contributed by atoms with van der Waals surface area (Å²) in [5.41, 5.74) is 3.89. The molecule has 0 spiro atoms. The second-order valence-corrected chi connectivity index (χ2v) is 12.1. The summed E-state index contributed by atoms with van der Waals surface area (Å²) in [6, 6.07) is 10.5. The number of fused-ring (bicyclic) bond motifs is 1. The van der Waals surface area contributed by atoms with Gasteiger partial charge >= 0.3 is 0 Å². The Morgan fingerprint density at radius 1 is 1.24 bits per heavy atom. The van der Waals surface area contributed by atoms with Gasteiger partial charge in [0.25, 0.3) is 0 Å². The van der Waals surface area contributed by atoms with E-state index in [9.17, 15) is 8.42 Å². The zero-order valence-electron chi connectivity index (χ0n) is 20.2. The number of sulfone groups is 1. The first-order valence-corrected chi connectivity index (χ1v) is 13.7. The summed E-state index contributed by atoms with van der Waals surface area (Å²) in [6.45, 7) is 11.1. The van der Waals surface area contributed by atoms with E-state index >= 15 is 0 Å². The van der Waals surface area contributed by atoms with Crippen LogP contribution in [0, 0.1) is 0 Å². The average Bonchev–Trinajstić information content (AvgIpc) is 3.19. The molecule has 0 radical (unpaired) electrons. The molecule has 1 N–H and O–H groups in total. The minimum absolute atomic E-state index is 0.212. The van der Waals surface area contributed by atoms with Crippen LogP contribution in [0.4, 0.5) is 5.82 Å². The van der Waals surface area contributed by atoms with E-state index in [4.69, 9.17) is 9.97 Å². The van der Waals surface area contributed by atoms with Gasteiger partial charge in [0.15, 0.2) is 0 Å². The van der Waals surface area contributed by atoms with E-state index in [1.54, 1.807) is 0 Å². The number of hydrogen-bond acceptors (Lipinski definition) is 6. The van der Waals surface area contributed by atoms with Crippen molar-refractivity contribution < 1.29 is 8.42 Å². The number of hydrogen-bond donors (Lipinski definition) is 1. The maximum Gasteiger partial charge on any atom is 0.147 e. The van der Waals surface area contributed by atoms with Gasteiger partial charge in [0, 0.05) is 37.8 Å². The lowest BCUT2D eigenvalue weighted by Gasteiger charge is -2.52. The molecule has 0 amide bonds. The molecule has 8 heteroatoms. The van der Waals surface area contributed by atoms with Crippen molar-refractivity contribution in [1.29, 1.82) is 0 Å². The number of aromatic amines is 1. The van der Waals surface area contributed by atoms with Gasteiger partial charge < -0.3 is 9.88 Å². The number of H-pyrrole nitrogens is 1. The highest BCUT2D eigenvalue weighted by atomic mass is 32.2. The van der Waals surface area contributed by atoms with E-state index in [1.165, 1.54) is 11.8 Å². The third-order valence-electron chi connectivity index (χ3n) is 6.79. The lowest BCUT2D eigenvalue weighted by atomic mass is 9.89. The fourth-order valence-corrected chi connectivity index (χ4v) is 5.55. The third-order valence-corrected chi connectivity index (χ3v) is 7.82. The summed E-state index contributed by atoms with van der Waals surface area (Å²) in [6.07, 6.45) is 5.84. The molecule has 1 aliphatic rings. The SMILES string of the molecule is CC(C)c1c[nH]c2ccc(N3CC(C)N(CCCS(C)(=O)=O)CC3(C)c3ccccn3)nc12. The highest BCUT2D eigenvalue weighted by Crippen LogP contribution is 2.37. The fraction of sp³-hybridized carbons (Fsp3) is 0.520. The maximum atomic E-state index is 11.7. The van der Waals surface area contributed by atoms with Crippen molar-refractivity contribution in [2.24, 2.45) is 0 Å². The quantitative estimate of drug-likeness (QED) is 0.564. The zero-order chi connectivity index (χ0) is 23.8. The average molecular weight is 470 g/mol. The van der Waals surface area contributed by atoms with Crippen molar-refractivity contribution in [3.63, 3.8) is 0 Å². The van der Waals surface area contributed by atoms with Crippen LogP contribution in [-0.2, 0) is 15.4 Å². The zero-order valence-corrected chi connectivity index (χ0v) is 21.1. The monoisotopic (exact) mass is 469 g/mol. The van der Waals surface area contributed by atoms with Crippen molar-refractivity contribution in [2.75, 3.05) is 36.5 Å². The molecule has 0 bridgehead atoms. The summed E-state index contributed by atoms with van der Waals surface area (Å²) in [4.78, 5) is 18.0. The van der Waals surface area contributed by atoms with Crippen LogP contribution in [0.2, 0.25) is 0 Å². The van der Waals surface area contributed by atoms with Gasteiger partial charge in [-0.15, -0.1) is 0 Å². The Balaban J connectivity index is 1.71. The number of rotatable bonds is 7. The fourth-order valence-electron chi connectivity index (χ4n) is 4.89. The van der Waals surface area contributed by atoms with Crippen molar-refractivity contribution in [3.8, 4) is 0 Å². The molecule has 7 nitrogen and oxygen atoms in total. The molecule has 3 aromatic heterocycles. The minimum Gasteiger partial charge on any atom is -0.360 e. The Bertz CT molecular complexity index is 1210. The van der Waals surface area contributed by atoms with Gasteiger partial charge in [-0.25, -0.2) is 13.4 Å². The molecule has 4 heterocycles. The van der Waals surface area contributed by atoms with E-state index in [0.717, 1.165) is 42.2 Å². The van der Waals surface area contributed by atoms with Crippen LogP contribution in [0.5, 0.6) is 0 Å². The predicted molar refractivity (Wildman–Crippen MR) is 134 cm³/mol. The summed E-state index contributed by atoms with van der Waals surface area (Å²) >= 11 is 0. The number of anilines is 1. The van der Waals surface area contributed by atoms with Crippen LogP contribution < -0.4 is 4.90 Å². The van der Waals surface area contributed by atoms with E-state index in [0.29, 0.717) is 12.3 Å². The number of aromatic nitrogens is 3. The van der Waals surface area contributed by atoms with Crippen molar-refractivity contribution in [1.82, 2.24) is 19.9 Å². The Kier molecular flexibility index (Phi) is 6.51. The molecule has 2 unspecified atom stereocenters. The highest BCUT2D eigenvalue weighted by Gasteiger charge is 2.43. The highest BCUT2D eigenvalue weighted by molar-refractivity contribution is 7.90. The van der Waals surface area contributed by atoms with Crippen LogP contribution in [0.3, 0.4) is 0 Å².